The molecule has 1 heterocycles. The van der Waals surface area contributed by atoms with E-state index in [4.69, 9.17) is 0 Å². The van der Waals surface area contributed by atoms with Crippen LogP contribution < -0.4 is 0 Å². The summed E-state index contributed by atoms with van der Waals surface area (Å²) in [5, 5.41) is 4.56. The monoisotopic (exact) mass is 195 g/mol. The van der Waals surface area contributed by atoms with Gasteiger partial charge in [-0.2, -0.15) is 5.10 Å². The molecule has 0 aliphatic heterocycles. The summed E-state index contributed by atoms with van der Waals surface area (Å²) in [7, 11) is 0. The highest BCUT2D eigenvalue weighted by molar-refractivity contribution is 5.04. The molecule has 1 rings (SSSR count). The fourth-order valence-electron chi connectivity index (χ4n) is 1.34. The molecule has 1 aromatic rings. The smallest absolute Gasteiger partial charge is 0.156 e. The molecule has 3 nitrogen and oxygen atoms in total. The predicted octanol–water partition coefficient (Wildman–Crippen LogP) is 2.64. The van der Waals surface area contributed by atoms with Crippen LogP contribution in [0, 0.1) is 6.92 Å². The fraction of sp³-hybridized carbons (Fsp3) is 0.818. The second-order valence-electron chi connectivity index (χ2n) is 5.82. The van der Waals surface area contributed by atoms with E-state index in [0.717, 1.165) is 11.6 Å². The molecular weight excluding hydrogens is 174 g/mol. The van der Waals surface area contributed by atoms with Crippen LogP contribution in [0.1, 0.15) is 53.2 Å². The maximum absolute atomic E-state index is 4.56. The average Bonchev–Trinajstić information content (AvgIpc) is 2.27. The first-order valence-corrected chi connectivity index (χ1v) is 5.07. The van der Waals surface area contributed by atoms with Crippen LogP contribution >= 0.6 is 0 Å². The van der Waals surface area contributed by atoms with E-state index in [1.54, 1.807) is 0 Å². The Hall–Kier alpha value is -0.860. The summed E-state index contributed by atoms with van der Waals surface area (Å²) in [4.78, 5) is 4.50. The topological polar surface area (TPSA) is 30.7 Å². The van der Waals surface area contributed by atoms with Gasteiger partial charge in [-0.25, -0.2) is 9.67 Å². The van der Waals surface area contributed by atoms with Crippen LogP contribution in [0.5, 0.6) is 0 Å². The zero-order valence-corrected chi connectivity index (χ0v) is 10.3. The number of hydrogen-bond donors (Lipinski definition) is 0. The van der Waals surface area contributed by atoms with Crippen molar-refractivity contribution in [2.24, 2.45) is 0 Å². The van der Waals surface area contributed by atoms with Gasteiger partial charge in [-0.1, -0.05) is 20.8 Å². The Kier molecular flexibility index (Phi) is 2.46. The van der Waals surface area contributed by atoms with Crippen molar-refractivity contribution in [1.29, 1.82) is 0 Å². The Morgan fingerprint density at radius 1 is 1.00 bits per heavy atom. The van der Waals surface area contributed by atoms with Gasteiger partial charge in [0.2, 0.25) is 0 Å². The summed E-state index contributed by atoms with van der Waals surface area (Å²) in [5.41, 5.74) is 0.0435. The van der Waals surface area contributed by atoms with Gasteiger partial charge in [0.05, 0.1) is 5.54 Å². The zero-order valence-electron chi connectivity index (χ0n) is 10.3. The third kappa shape index (κ3) is 2.14. The summed E-state index contributed by atoms with van der Waals surface area (Å²) >= 11 is 0. The summed E-state index contributed by atoms with van der Waals surface area (Å²) in [5.74, 6) is 1.91. The lowest BCUT2D eigenvalue weighted by molar-refractivity contribution is 0.341. The quantitative estimate of drug-likeness (QED) is 0.637. The van der Waals surface area contributed by atoms with Gasteiger partial charge in [-0.3, -0.25) is 0 Å². The molecule has 3 heteroatoms. The normalized spacial score (nSPS) is 13.4. The van der Waals surface area contributed by atoms with Gasteiger partial charge in [0.25, 0.3) is 0 Å². The maximum Gasteiger partial charge on any atom is 0.156 e. The zero-order chi connectivity index (χ0) is 11.1. The first-order chi connectivity index (χ1) is 6.12. The van der Waals surface area contributed by atoms with E-state index in [9.17, 15) is 0 Å². The maximum atomic E-state index is 4.56. The SMILES string of the molecule is Cc1nc(C(C)(C)C)nn1C(C)(C)C. The van der Waals surface area contributed by atoms with Crippen molar-refractivity contribution in [3.63, 3.8) is 0 Å². The molecule has 0 atom stereocenters. The standard InChI is InChI=1S/C11H21N3/c1-8-12-9(10(2,3)4)13-14(8)11(5,6)7/h1-7H3. The van der Waals surface area contributed by atoms with E-state index in [1.165, 1.54) is 0 Å². The van der Waals surface area contributed by atoms with E-state index in [-0.39, 0.29) is 11.0 Å². The van der Waals surface area contributed by atoms with Crippen molar-refractivity contribution >= 4 is 0 Å². The molecule has 14 heavy (non-hydrogen) atoms. The van der Waals surface area contributed by atoms with Crippen LogP contribution in [0.4, 0.5) is 0 Å². The van der Waals surface area contributed by atoms with Crippen LogP contribution in [0.25, 0.3) is 0 Å². The van der Waals surface area contributed by atoms with Crippen LogP contribution in [0.2, 0.25) is 0 Å². The van der Waals surface area contributed by atoms with Crippen molar-refractivity contribution in [3.05, 3.63) is 11.6 Å². The molecule has 80 valence electrons. The first kappa shape index (κ1) is 11.2. The average molecular weight is 195 g/mol. The minimum Gasteiger partial charge on any atom is -0.245 e. The lowest BCUT2D eigenvalue weighted by Crippen LogP contribution is -2.25. The van der Waals surface area contributed by atoms with Crippen LogP contribution in [-0.2, 0) is 11.0 Å². The largest absolute Gasteiger partial charge is 0.245 e. The van der Waals surface area contributed by atoms with E-state index in [1.807, 2.05) is 11.6 Å². The molecule has 0 aromatic carbocycles. The molecule has 0 fully saturated rings. The lowest BCUT2D eigenvalue weighted by Gasteiger charge is -2.20. The Labute approximate surface area is 86.5 Å². The van der Waals surface area contributed by atoms with Gasteiger partial charge >= 0.3 is 0 Å². The van der Waals surface area contributed by atoms with Crippen LogP contribution in [-0.4, -0.2) is 14.8 Å². The van der Waals surface area contributed by atoms with Gasteiger partial charge in [0.1, 0.15) is 5.82 Å². The van der Waals surface area contributed by atoms with Crippen LogP contribution in [0.15, 0.2) is 0 Å². The van der Waals surface area contributed by atoms with Gasteiger partial charge in [0.15, 0.2) is 5.82 Å². The van der Waals surface area contributed by atoms with Crippen molar-refractivity contribution in [1.82, 2.24) is 14.8 Å². The molecule has 0 saturated heterocycles. The second-order valence-corrected chi connectivity index (χ2v) is 5.82. The molecule has 0 N–H and O–H groups in total. The van der Waals surface area contributed by atoms with Crippen molar-refractivity contribution < 1.29 is 0 Å². The van der Waals surface area contributed by atoms with Crippen molar-refractivity contribution in [2.45, 2.75) is 59.4 Å². The first-order valence-electron chi connectivity index (χ1n) is 5.07. The summed E-state index contributed by atoms with van der Waals surface area (Å²) < 4.78 is 1.99. The minimum atomic E-state index is 0.0145. The Balaban J connectivity index is 3.19. The number of hydrogen-bond acceptors (Lipinski definition) is 2. The molecule has 0 amide bonds. The molecule has 0 radical (unpaired) electrons. The number of aryl methyl sites for hydroxylation is 1. The third-order valence-corrected chi connectivity index (χ3v) is 2.08. The highest BCUT2D eigenvalue weighted by atomic mass is 15.4. The molecular formula is C11H21N3. The van der Waals surface area contributed by atoms with Gasteiger partial charge in [-0.15, -0.1) is 0 Å². The Morgan fingerprint density at radius 2 is 1.50 bits per heavy atom. The van der Waals surface area contributed by atoms with E-state index in [0.29, 0.717) is 0 Å². The second kappa shape index (κ2) is 3.07. The molecule has 0 aliphatic rings. The van der Waals surface area contributed by atoms with E-state index in [2.05, 4.69) is 51.6 Å². The molecule has 0 saturated carbocycles. The highest BCUT2D eigenvalue weighted by Crippen LogP contribution is 2.21. The van der Waals surface area contributed by atoms with Crippen LogP contribution in [0.3, 0.4) is 0 Å². The predicted molar refractivity (Wildman–Crippen MR) is 58.5 cm³/mol. The van der Waals surface area contributed by atoms with E-state index < -0.39 is 0 Å². The minimum absolute atomic E-state index is 0.0145. The van der Waals surface area contributed by atoms with Gasteiger partial charge in [0, 0.05) is 5.41 Å². The molecule has 0 unspecified atom stereocenters. The van der Waals surface area contributed by atoms with Gasteiger partial charge < -0.3 is 0 Å². The highest BCUT2D eigenvalue weighted by Gasteiger charge is 2.24. The van der Waals surface area contributed by atoms with E-state index >= 15 is 0 Å². The fourth-order valence-corrected chi connectivity index (χ4v) is 1.34. The van der Waals surface area contributed by atoms with Crippen molar-refractivity contribution in [3.8, 4) is 0 Å². The molecule has 0 bridgehead atoms. The third-order valence-electron chi connectivity index (χ3n) is 2.08. The van der Waals surface area contributed by atoms with Crippen molar-refractivity contribution in [2.75, 3.05) is 0 Å². The molecule has 1 aromatic heterocycles. The lowest BCUT2D eigenvalue weighted by atomic mass is 9.96. The summed E-state index contributed by atoms with van der Waals surface area (Å²) in [6, 6.07) is 0. The summed E-state index contributed by atoms with van der Waals surface area (Å²) in [6.45, 7) is 14.8. The number of aromatic nitrogens is 3. The number of rotatable bonds is 0. The molecule has 0 spiro atoms. The van der Waals surface area contributed by atoms with Gasteiger partial charge in [-0.05, 0) is 27.7 Å². The number of nitrogens with zero attached hydrogens (tertiary/aromatic N) is 3. The Bertz CT molecular complexity index is 323. The Morgan fingerprint density at radius 3 is 1.71 bits per heavy atom. The summed E-state index contributed by atoms with van der Waals surface area (Å²) in [6.07, 6.45) is 0. The molecule has 0 aliphatic carbocycles.